The summed E-state index contributed by atoms with van der Waals surface area (Å²) >= 11 is 0. The van der Waals surface area contributed by atoms with E-state index in [4.69, 9.17) is 14.2 Å². The molecule has 4 amide bonds. The van der Waals surface area contributed by atoms with E-state index >= 15 is 0 Å². The molecule has 300 valence electrons. The second-order valence-electron chi connectivity index (χ2n) is 16.7. The summed E-state index contributed by atoms with van der Waals surface area (Å²) in [6, 6.07) is 5.14. The Labute approximate surface area is 322 Å². The van der Waals surface area contributed by atoms with Gasteiger partial charge in [-0.05, 0) is 77.2 Å². The highest BCUT2D eigenvalue weighted by atomic mass is 32.2. The Bertz CT molecular complexity index is 1960. The third-order valence-electron chi connectivity index (χ3n) is 11.2. The molecule has 3 heterocycles. The number of hydrogen-bond acceptors (Lipinski definition) is 11. The number of nitrogens with zero attached hydrogens (tertiary/aromatic N) is 2. The van der Waals surface area contributed by atoms with Crippen LogP contribution in [0, 0.1) is 17.8 Å². The van der Waals surface area contributed by atoms with E-state index in [2.05, 4.69) is 27.3 Å². The largest absolute Gasteiger partial charge is 0.494 e. The van der Waals surface area contributed by atoms with Gasteiger partial charge in [0.1, 0.15) is 39.8 Å². The second-order valence-corrected chi connectivity index (χ2v) is 18.7. The first-order valence-electron chi connectivity index (χ1n) is 19.0. The number of aliphatic hydroxyl groups is 1. The number of carbonyl (C=O) groups excluding carboxylic acids is 4. The van der Waals surface area contributed by atoms with Crippen molar-refractivity contribution >= 4 is 44.6 Å². The van der Waals surface area contributed by atoms with E-state index in [1.54, 1.807) is 27.9 Å². The zero-order valence-corrected chi connectivity index (χ0v) is 33.1. The van der Waals surface area contributed by atoms with E-state index in [9.17, 15) is 32.7 Å². The van der Waals surface area contributed by atoms with E-state index in [0.717, 1.165) is 11.8 Å². The molecule has 1 aromatic carbocycles. The molecule has 2 aliphatic heterocycles. The molecule has 1 aromatic heterocycles. The molecule has 1 unspecified atom stereocenters. The van der Waals surface area contributed by atoms with Gasteiger partial charge in [0, 0.05) is 23.1 Å². The van der Waals surface area contributed by atoms with Gasteiger partial charge in [-0.1, -0.05) is 44.2 Å². The van der Waals surface area contributed by atoms with Crippen LogP contribution in [-0.2, 0) is 29.1 Å². The van der Waals surface area contributed by atoms with Crippen molar-refractivity contribution in [2.75, 3.05) is 20.3 Å². The number of nitrogens with one attached hydrogen (secondary N) is 3. The number of amides is 4. The molecule has 4 aliphatic rings. The number of sulfonamides is 1. The Hall–Kier alpha value is -4.44. The van der Waals surface area contributed by atoms with Crippen LogP contribution >= 0.6 is 0 Å². The fourth-order valence-corrected chi connectivity index (χ4v) is 9.23. The van der Waals surface area contributed by atoms with Gasteiger partial charge in [-0.2, -0.15) is 0 Å². The minimum Gasteiger partial charge on any atom is -0.494 e. The van der Waals surface area contributed by atoms with Crippen molar-refractivity contribution in [3.05, 3.63) is 42.6 Å². The Morgan fingerprint density at radius 2 is 1.82 bits per heavy atom. The molecule has 7 atom stereocenters. The monoisotopic (exact) mass is 783 g/mol. The summed E-state index contributed by atoms with van der Waals surface area (Å²) in [6.07, 6.45) is 6.31. The van der Waals surface area contributed by atoms with Crippen molar-refractivity contribution in [1.29, 1.82) is 0 Å². The van der Waals surface area contributed by atoms with Gasteiger partial charge in [0.05, 0.1) is 26.5 Å². The van der Waals surface area contributed by atoms with Gasteiger partial charge in [-0.15, -0.1) is 0 Å². The molecule has 0 radical (unpaired) electrons. The summed E-state index contributed by atoms with van der Waals surface area (Å²) in [4.78, 5) is 62.2. The van der Waals surface area contributed by atoms with Gasteiger partial charge in [0.15, 0.2) is 0 Å². The number of allylic oxidation sites excluding steroid dienone is 1. The van der Waals surface area contributed by atoms with E-state index in [1.807, 2.05) is 43.3 Å². The molecule has 2 saturated carbocycles. The maximum absolute atomic E-state index is 14.8. The maximum Gasteiger partial charge on any atom is 0.408 e. The van der Waals surface area contributed by atoms with Crippen LogP contribution in [0.1, 0.15) is 79.6 Å². The van der Waals surface area contributed by atoms with Crippen LogP contribution in [0.4, 0.5) is 4.79 Å². The summed E-state index contributed by atoms with van der Waals surface area (Å²) in [5, 5.41) is 16.9. The summed E-state index contributed by atoms with van der Waals surface area (Å²) in [5.41, 5.74) is -2.45. The number of benzene rings is 1. The first-order chi connectivity index (χ1) is 25.9. The Morgan fingerprint density at radius 1 is 1.11 bits per heavy atom. The van der Waals surface area contributed by atoms with Gasteiger partial charge < -0.3 is 34.9 Å². The summed E-state index contributed by atoms with van der Waals surface area (Å²) < 4.78 is 44.7. The second kappa shape index (κ2) is 15.2. The van der Waals surface area contributed by atoms with Crippen LogP contribution in [0.25, 0.3) is 10.8 Å². The average Bonchev–Trinajstić information content (AvgIpc) is 4.02. The average molecular weight is 784 g/mol. The van der Waals surface area contributed by atoms with Crippen molar-refractivity contribution < 1.29 is 46.9 Å². The number of ether oxygens (including phenoxy) is 3. The number of alkyl carbamates (subject to hydrolysis) is 1. The predicted molar refractivity (Wildman–Crippen MR) is 202 cm³/mol. The number of pyridine rings is 1. The molecule has 0 spiro atoms. The normalized spacial score (nSPS) is 30.1. The van der Waals surface area contributed by atoms with Crippen molar-refractivity contribution in [2.45, 2.75) is 114 Å². The number of aliphatic hydroxyl groups excluding tert-OH is 1. The molecule has 3 fully saturated rings. The van der Waals surface area contributed by atoms with Gasteiger partial charge >= 0.3 is 6.09 Å². The lowest BCUT2D eigenvalue weighted by atomic mass is 9.88. The fourth-order valence-electron chi connectivity index (χ4n) is 7.78. The van der Waals surface area contributed by atoms with Gasteiger partial charge in [0.25, 0.3) is 5.91 Å². The zero-order chi connectivity index (χ0) is 39.9. The molecule has 2 aliphatic carbocycles. The Kier molecular flexibility index (Phi) is 11.1. The Balaban J connectivity index is 1.35. The van der Waals surface area contributed by atoms with Gasteiger partial charge in [0.2, 0.25) is 27.7 Å². The zero-order valence-electron chi connectivity index (χ0n) is 32.3. The van der Waals surface area contributed by atoms with Crippen LogP contribution in [0.3, 0.4) is 0 Å². The molecule has 15 nitrogen and oxygen atoms in total. The maximum atomic E-state index is 14.8. The van der Waals surface area contributed by atoms with E-state index in [0.29, 0.717) is 24.0 Å². The quantitative estimate of drug-likeness (QED) is 0.286. The minimum absolute atomic E-state index is 0.00762. The van der Waals surface area contributed by atoms with Crippen molar-refractivity contribution in [3.8, 4) is 11.6 Å². The summed E-state index contributed by atoms with van der Waals surface area (Å²) in [6.45, 7) is 8.42. The standard InChI is InChI=1S/C39H53N5O10S/c1-23-11-7-8-12-25-19-39(25,35(48)43-55(50,51)38(22-45)15-16-38)42-32(46)29-18-26(53-33-28-14-10-9-13-27(28)30(52-6)20-40-33)21-44(29)34(47)31(24(2)17-23)41-36(49)54-37(3,4)5/h8-10,12-14,20,23-26,29,31,45H,7,11,15-19,21-22H2,1-6H3,(H,41,49)(H,42,46)(H,43,48)/b12-8-/t23-,24-,25-,26-,29?,31+,39-/m1/s1. The minimum atomic E-state index is -4.26. The predicted octanol–water partition coefficient (Wildman–Crippen LogP) is 3.34. The molecule has 1 saturated heterocycles. The lowest BCUT2D eigenvalue weighted by molar-refractivity contribution is -0.142. The number of rotatable bonds is 8. The number of carbonyl (C=O) groups is 4. The fraction of sp³-hybridized carbons (Fsp3) is 0.615. The molecular weight excluding hydrogens is 731 g/mol. The van der Waals surface area contributed by atoms with Crippen molar-refractivity contribution in [1.82, 2.24) is 25.2 Å². The topological polar surface area (TPSA) is 203 Å². The van der Waals surface area contributed by atoms with Crippen molar-refractivity contribution in [2.24, 2.45) is 17.8 Å². The van der Waals surface area contributed by atoms with E-state index < -0.39 is 80.4 Å². The van der Waals surface area contributed by atoms with Crippen LogP contribution < -0.4 is 24.8 Å². The van der Waals surface area contributed by atoms with E-state index in [-0.39, 0.29) is 49.9 Å². The molecular formula is C39H53N5O10S. The highest BCUT2D eigenvalue weighted by Gasteiger charge is 2.64. The molecule has 16 heteroatoms. The highest BCUT2D eigenvalue weighted by molar-refractivity contribution is 7.91. The number of aromatic nitrogens is 1. The third kappa shape index (κ3) is 8.39. The SMILES string of the molecule is COc1cnc(O[C@@H]2CC3C(=O)N[C@]4(C(=O)NS(=O)(=O)C5(CO)CC5)C[C@H]4/C=C\CC[C@@H](C)C[C@@H](C)[C@H](NC(=O)OC(C)(C)C)C(=O)N3C2)c2ccccc12. The van der Waals surface area contributed by atoms with Gasteiger partial charge in [-0.25, -0.2) is 18.2 Å². The number of methoxy groups -OCH3 is 1. The summed E-state index contributed by atoms with van der Waals surface area (Å²) in [7, 11) is -2.72. The van der Waals surface area contributed by atoms with Crippen LogP contribution in [0.2, 0.25) is 0 Å². The Morgan fingerprint density at radius 3 is 2.47 bits per heavy atom. The van der Waals surface area contributed by atoms with Crippen LogP contribution in [0.15, 0.2) is 42.6 Å². The lowest BCUT2D eigenvalue weighted by Gasteiger charge is -2.33. The smallest absolute Gasteiger partial charge is 0.408 e. The molecule has 55 heavy (non-hydrogen) atoms. The number of fused-ring (bicyclic) bond motifs is 3. The molecule has 0 bridgehead atoms. The molecule has 6 rings (SSSR count). The van der Waals surface area contributed by atoms with Crippen LogP contribution in [-0.4, -0.2) is 102 Å². The lowest BCUT2D eigenvalue weighted by Crippen LogP contribution is -2.59. The summed E-state index contributed by atoms with van der Waals surface area (Å²) in [5.74, 6) is -2.03. The molecule has 4 N–H and O–H groups in total. The van der Waals surface area contributed by atoms with E-state index in [1.165, 1.54) is 11.1 Å². The molecule has 2 aromatic rings. The third-order valence-corrected chi connectivity index (χ3v) is 13.3. The first-order valence-corrected chi connectivity index (χ1v) is 20.5. The van der Waals surface area contributed by atoms with Crippen LogP contribution in [0.5, 0.6) is 11.6 Å². The van der Waals surface area contributed by atoms with Gasteiger partial charge in [-0.3, -0.25) is 19.1 Å². The first kappa shape index (κ1) is 40.2. The van der Waals surface area contributed by atoms with Crippen molar-refractivity contribution in [3.63, 3.8) is 0 Å². The number of hydrogen-bond donors (Lipinski definition) is 4. The highest BCUT2D eigenvalue weighted by Crippen LogP contribution is 2.48.